The van der Waals surface area contributed by atoms with Crippen LogP contribution in [0.1, 0.15) is 11.5 Å². The summed E-state index contributed by atoms with van der Waals surface area (Å²) in [6.07, 6.45) is -1.17. The van der Waals surface area contributed by atoms with E-state index in [0.29, 0.717) is 13.1 Å². The largest absolute Gasteiger partial charge is 0.508 e. The number of benzene rings is 1. The molecule has 1 fully saturated rings. The minimum Gasteiger partial charge on any atom is -0.508 e. The van der Waals surface area contributed by atoms with Crippen LogP contribution in [0.5, 0.6) is 5.75 Å². The zero-order valence-electron chi connectivity index (χ0n) is 8.30. The lowest BCUT2D eigenvalue weighted by atomic mass is 9.86. The van der Waals surface area contributed by atoms with Gasteiger partial charge >= 0.3 is 0 Å². The molecular formula is C11H15NO3. The summed E-state index contributed by atoms with van der Waals surface area (Å²) in [7, 11) is 0. The first-order valence-corrected chi connectivity index (χ1v) is 5.04. The summed E-state index contributed by atoms with van der Waals surface area (Å²) < 4.78 is 0. The minimum atomic E-state index is -0.585. The second-order valence-corrected chi connectivity index (χ2v) is 3.91. The van der Waals surface area contributed by atoms with Gasteiger partial charge < -0.3 is 20.6 Å². The fraction of sp³-hybridized carbons (Fsp3) is 0.455. The minimum absolute atomic E-state index is 0.191. The highest BCUT2D eigenvalue weighted by atomic mass is 16.3. The predicted molar refractivity (Wildman–Crippen MR) is 55.7 cm³/mol. The van der Waals surface area contributed by atoms with E-state index in [4.69, 9.17) is 5.11 Å². The highest BCUT2D eigenvalue weighted by Crippen LogP contribution is 2.27. The second kappa shape index (κ2) is 4.18. The molecule has 15 heavy (non-hydrogen) atoms. The first-order valence-electron chi connectivity index (χ1n) is 5.04. The number of phenols is 1. The molecule has 1 aromatic rings. The summed E-state index contributed by atoms with van der Waals surface area (Å²) in [5, 5.41) is 31.6. The summed E-state index contributed by atoms with van der Waals surface area (Å²) in [6, 6.07) is 6.60. The number of piperidine rings is 1. The van der Waals surface area contributed by atoms with Gasteiger partial charge in [0.05, 0.1) is 12.2 Å². The number of nitrogens with one attached hydrogen (secondary N) is 1. The van der Waals surface area contributed by atoms with Crippen LogP contribution in [0.3, 0.4) is 0 Å². The molecule has 2 rings (SSSR count). The quantitative estimate of drug-likeness (QED) is 0.517. The monoisotopic (exact) mass is 209 g/mol. The molecule has 82 valence electrons. The number of rotatable bonds is 1. The van der Waals surface area contributed by atoms with E-state index in [9.17, 15) is 10.2 Å². The van der Waals surface area contributed by atoms with Crippen LogP contribution in [-0.2, 0) is 0 Å². The zero-order valence-corrected chi connectivity index (χ0v) is 8.30. The fourth-order valence-electron chi connectivity index (χ4n) is 2.03. The highest BCUT2D eigenvalue weighted by Gasteiger charge is 2.31. The molecule has 0 aromatic heterocycles. The van der Waals surface area contributed by atoms with Crippen LogP contribution in [0, 0.1) is 0 Å². The molecule has 0 saturated carbocycles. The molecule has 0 amide bonds. The Labute approximate surface area is 88.2 Å². The Morgan fingerprint density at radius 1 is 1.00 bits per heavy atom. The molecule has 1 saturated heterocycles. The van der Waals surface area contributed by atoms with Gasteiger partial charge in [-0.3, -0.25) is 0 Å². The molecular weight excluding hydrogens is 194 g/mol. The van der Waals surface area contributed by atoms with Crippen molar-refractivity contribution in [3.05, 3.63) is 29.8 Å². The Bertz CT molecular complexity index is 315. The lowest BCUT2D eigenvalue weighted by Crippen LogP contribution is -2.48. The average Bonchev–Trinajstić information content (AvgIpc) is 2.20. The molecule has 1 aromatic carbocycles. The van der Waals surface area contributed by atoms with Gasteiger partial charge in [0.15, 0.2) is 0 Å². The van der Waals surface area contributed by atoms with Crippen molar-refractivity contribution >= 4 is 0 Å². The van der Waals surface area contributed by atoms with E-state index < -0.39 is 12.2 Å². The van der Waals surface area contributed by atoms with Crippen molar-refractivity contribution in [2.75, 3.05) is 13.1 Å². The van der Waals surface area contributed by atoms with Gasteiger partial charge in [0, 0.05) is 19.0 Å². The smallest absolute Gasteiger partial charge is 0.115 e. The first-order chi connectivity index (χ1) is 7.18. The van der Waals surface area contributed by atoms with Gasteiger partial charge in [-0.2, -0.15) is 0 Å². The molecule has 1 aliphatic rings. The third-order valence-corrected chi connectivity index (χ3v) is 2.81. The fourth-order valence-corrected chi connectivity index (χ4v) is 2.03. The molecule has 1 heterocycles. The average molecular weight is 209 g/mol. The normalized spacial score (nSPS) is 31.5. The van der Waals surface area contributed by atoms with Gasteiger partial charge in [0.25, 0.3) is 0 Å². The van der Waals surface area contributed by atoms with Crippen LogP contribution >= 0.6 is 0 Å². The van der Waals surface area contributed by atoms with E-state index >= 15 is 0 Å². The maximum atomic E-state index is 9.78. The summed E-state index contributed by atoms with van der Waals surface area (Å²) in [4.78, 5) is 0. The van der Waals surface area contributed by atoms with Crippen molar-refractivity contribution in [3.8, 4) is 5.75 Å². The predicted octanol–water partition coefficient (Wildman–Crippen LogP) is -0.199. The number of aromatic hydroxyl groups is 1. The Kier molecular flexibility index (Phi) is 2.90. The standard InChI is InChI=1S/C11H15NO3/c13-8-3-1-7(2-4-8)11-9(14)5-12-6-10(11)15/h1-4,9-15H,5-6H2/t9-,10+,11?. The number of aliphatic hydroxyl groups excluding tert-OH is 2. The maximum absolute atomic E-state index is 9.78. The van der Waals surface area contributed by atoms with Gasteiger partial charge in [-0.1, -0.05) is 12.1 Å². The Morgan fingerprint density at radius 3 is 2.07 bits per heavy atom. The third kappa shape index (κ3) is 2.12. The number of hydrogen-bond acceptors (Lipinski definition) is 4. The van der Waals surface area contributed by atoms with Crippen molar-refractivity contribution in [2.24, 2.45) is 0 Å². The number of phenolic OH excluding ortho intramolecular Hbond substituents is 1. The highest BCUT2D eigenvalue weighted by molar-refractivity contribution is 5.30. The molecule has 0 aliphatic carbocycles. The third-order valence-electron chi connectivity index (χ3n) is 2.81. The van der Waals surface area contributed by atoms with Crippen molar-refractivity contribution in [3.63, 3.8) is 0 Å². The van der Waals surface area contributed by atoms with Crippen molar-refractivity contribution in [1.82, 2.24) is 5.32 Å². The molecule has 0 spiro atoms. The molecule has 1 unspecified atom stereocenters. The van der Waals surface area contributed by atoms with E-state index in [-0.39, 0.29) is 11.7 Å². The van der Waals surface area contributed by atoms with Crippen LogP contribution < -0.4 is 5.32 Å². The van der Waals surface area contributed by atoms with E-state index in [2.05, 4.69) is 5.32 Å². The molecule has 1 aliphatic heterocycles. The summed E-state index contributed by atoms with van der Waals surface area (Å²) in [5.41, 5.74) is 0.856. The summed E-state index contributed by atoms with van der Waals surface area (Å²) in [5.74, 6) is -0.0801. The first kappa shape index (κ1) is 10.4. The molecule has 0 bridgehead atoms. The van der Waals surface area contributed by atoms with Crippen LogP contribution in [0.2, 0.25) is 0 Å². The molecule has 3 atom stereocenters. The molecule has 4 heteroatoms. The van der Waals surface area contributed by atoms with Crippen LogP contribution in [0.4, 0.5) is 0 Å². The number of β-amino-alcohol motifs (C(OH)–C–C–N with tert-alkyl or cyclic N) is 2. The van der Waals surface area contributed by atoms with E-state index in [1.165, 1.54) is 0 Å². The maximum Gasteiger partial charge on any atom is 0.115 e. The molecule has 4 nitrogen and oxygen atoms in total. The van der Waals surface area contributed by atoms with Crippen molar-refractivity contribution < 1.29 is 15.3 Å². The SMILES string of the molecule is Oc1ccc(C2[C@H](O)CNC[C@@H]2O)cc1. The van der Waals surface area contributed by atoms with Crippen molar-refractivity contribution in [2.45, 2.75) is 18.1 Å². The molecule has 0 radical (unpaired) electrons. The van der Waals surface area contributed by atoms with Gasteiger partial charge in [-0.15, -0.1) is 0 Å². The van der Waals surface area contributed by atoms with Crippen LogP contribution in [-0.4, -0.2) is 40.6 Å². The topological polar surface area (TPSA) is 72.7 Å². The van der Waals surface area contributed by atoms with E-state index in [0.717, 1.165) is 5.56 Å². The molecule has 4 N–H and O–H groups in total. The van der Waals surface area contributed by atoms with Gasteiger partial charge in [-0.05, 0) is 17.7 Å². The summed E-state index contributed by atoms with van der Waals surface area (Å²) in [6.45, 7) is 0.977. The Hall–Kier alpha value is -1.10. The van der Waals surface area contributed by atoms with Crippen molar-refractivity contribution in [1.29, 1.82) is 0 Å². The second-order valence-electron chi connectivity index (χ2n) is 3.91. The van der Waals surface area contributed by atoms with E-state index in [1.807, 2.05) is 0 Å². The van der Waals surface area contributed by atoms with Crippen LogP contribution in [0.25, 0.3) is 0 Å². The van der Waals surface area contributed by atoms with Gasteiger partial charge in [0.2, 0.25) is 0 Å². The van der Waals surface area contributed by atoms with Gasteiger partial charge in [-0.25, -0.2) is 0 Å². The van der Waals surface area contributed by atoms with Gasteiger partial charge in [0.1, 0.15) is 5.75 Å². The Balaban J connectivity index is 2.23. The zero-order chi connectivity index (χ0) is 10.8. The van der Waals surface area contributed by atoms with E-state index in [1.54, 1.807) is 24.3 Å². The lowest BCUT2D eigenvalue weighted by Gasteiger charge is -2.33. The van der Waals surface area contributed by atoms with Crippen LogP contribution in [0.15, 0.2) is 24.3 Å². The number of aliphatic hydroxyl groups is 2. The summed E-state index contributed by atoms with van der Waals surface area (Å²) >= 11 is 0. The number of hydrogen-bond donors (Lipinski definition) is 4. The Morgan fingerprint density at radius 2 is 1.53 bits per heavy atom. The lowest BCUT2D eigenvalue weighted by molar-refractivity contribution is 0.0264.